The molecule has 2 rings (SSSR count). The Balaban J connectivity index is 2.43. The van der Waals surface area contributed by atoms with Crippen LogP contribution in [0, 0.1) is 5.82 Å². The molecule has 0 fully saturated rings. The van der Waals surface area contributed by atoms with Crippen molar-refractivity contribution in [3.63, 3.8) is 0 Å². The lowest BCUT2D eigenvalue weighted by atomic mass is 10.0. The number of hydrogen-bond acceptors (Lipinski definition) is 2. The summed E-state index contributed by atoms with van der Waals surface area (Å²) in [5.41, 5.74) is 0.618. The Labute approximate surface area is 129 Å². The lowest BCUT2D eigenvalue weighted by molar-refractivity contribution is 0.547. The molecule has 0 radical (unpaired) electrons. The van der Waals surface area contributed by atoms with Crippen molar-refractivity contribution in [2.75, 3.05) is 6.54 Å². The molecule has 0 spiro atoms. The lowest BCUT2D eigenvalue weighted by Gasteiger charge is -2.19. The van der Waals surface area contributed by atoms with E-state index in [1.54, 1.807) is 23.5 Å². The highest BCUT2D eigenvalue weighted by Gasteiger charge is 2.21. The summed E-state index contributed by atoms with van der Waals surface area (Å²) in [6.07, 6.45) is 0.981. The van der Waals surface area contributed by atoms with E-state index in [-0.39, 0.29) is 11.9 Å². The summed E-state index contributed by atoms with van der Waals surface area (Å²) in [6, 6.07) is 6.97. The molecule has 0 aliphatic heterocycles. The van der Waals surface area contributed by atoms with Crippen molar-refractivity contribution < 1.29 is 4.39 Å². The minimum atomic E-state index is -0.236. The molecule has 0 amide bonds. The van der Waals surface area contributed by atoms with Crippen molar-refractivity contribution in [2.24, 2.45) is 0 Å². The van der Waals surface area contributed by atoms with Gasteiger partial charge in [-0.25, -0.2) is 4.39 Å². The Bertz CT molecular complexity index is 558. The van der Waals surface area contributed by atoms with Crippen molar-refractivity contribution in [2.45, 2.75) is 19.4 Å². The van der Waals surface area contributed by atoms with Gasteiger partial charge in [0.15, 0.2) is 0 Å². The van der Waals surface area contributed by atoms with Crippen LogP contribution < -0.4 is 5.32 Å². The molecule has 0 saturated carbocycles. The van der Waals surface area contributed by atoms with Gasteiger partial charge in [0.05, 0.1) is 15.5 Å². The Morgan fingerprint density at radius 3 is 2.84 bits per heavy atom. The summed E-state index contributed by atoms with van der Waals surface area (Å²) in [5.74, 6) is -0.236. The normalized spacial score (nSPS) is 12.6. The molecule has 102 valence electrons. The van der Waals surface area contributed by atoms with E-state index < -0.39 is 0 Å². The minimum absolute atomic E-state index is 0.204. The Kier molecular flexibility index (Phi) is 5.39. The van der Waals surface area contributed by atoms with Gasteiger partial charge >= 0.3 is 0 Å². The van der Waals surface area contributed by atoms with Gasteiger partial charge in [0.1, 0.15) is 5.82 Å². The standard InChI is InChI=1S/C14H14BrClFNS/c1-2-7-18-13(14-11(16)6-8-19-14)9-4-3-5-10(15)12(9)17/h3-6,8,13,18H,2,7H2,1H3. The molecule has 1 heterocycles. The quantitative estimate of drug-likeness (QED) is 0.751. The number of halogens is 3. The average molecular weight is 363 g/mol. The molecule has 0 aliphatic carbocycles. The fourth-order valence-electron chi connectivity index (χ4n) is 1.89. The highest BCUT2D eigenvalue weighted by atomic mass is 79.9. The average Bonchev–Trinajstić information content (AvgIpc) is 2.81. The predicted octanol–water partition coefficient (Wildman–Crippen LogP) is 5.39. The topological polar surface area (TPSA) is 12.0 Å². The van der Waals surface area contributed by atoms with Gasteiger partial charge in [-0.05, 0) is 46.4 Å². The number of thiophene rings is 1. The Morgan fingerprint density at radius 1 is 1.42 bits per heavy atom. The summed E-state index contributed by atoms with van der Waals surface area (Å²) in [4.78, 5) is 0.951. The molecule has 1 aromatic carbocycles. The van der Waals surface area contributed by atoms with Crippen molar-refractivity contribution >= 4 is 38.9 Å². The monoisotopic (exact) mass is 361 g/mol. The first-order valence-corrected chi connectivity index (χ1v) is 8.10. The maximum Gasteiger partial charge on any atom is 0.142 e. The third-order valence-electron chi connectivity index (χ3n) is 2.80. The second-order valence-electron chi connectivity index (χ2n) is 4.16. The molecule has 0 saturated heterocycles. The van der Waals surface area contributed by atoms with Gasteiger partial charge in [0, 0.05) is 10.4 Å². The SMILES string of the molecule is CCCNC(c1cccc(Br)c1F)c1sccc1Cl. The van der Waals surface area contributed by atoms with E-state index >= 15 is 0 Å². The van der Waals surface area contributed by atoms with Crippen LogP contribution >= 0.6 is 38.9 Å². The highest BCUT2D eigenvalue weighted by molar-refractivity contribution is 9.10. The number of rotatable bonds is 5. The third-order valence-corrected chi connectivity index (χ3v) is 4.83. The molecule has 5 heteroatoms. The Hall–Kier alpha value is -0.420. The van der Waals surface area contributed by atoms with Crippen molar-refractivity contribution in [3.8, 4) is 0 Å². The molecule has 1 aromatic heterocycles. The van der Waals surface area contributed by atoms with Gasteiger partial charge < -0.3 is 5.32 Å². The van der Waals surface area contributed by atoms with Gasteiger partial charge in [0.25, 0.3) is 0 Å². The maximum atomic E-state index is 14.3. The highest BCUT2D eigenvalue weighted by Crippen LogP contribution is 2.35. The molecular formula is C14H14BrClFNS. The zero-order valence-corrected chi connectivity index (χ0v) is 13.6. The maximum absolute atomic E-state index is 14.3. The summed E-state index contributed by atoms with van der Waals surface area (Å²) in [6.45, 7) is 2.89. The van der Waals surface area contributed by atoms with Gasteiger partial charge in [-0.3, -0.25) is 0 Å². The number of hydrogen-bond donors (Lipinski definition) is 1. The van der Waals surface area contributed by atoms with Crippen LogP contribution in [-0.4, -0.2) is 6.54 Å². The Morgan fingerprint density at radius 2 is 2.21 bits per heavy atom. The van der Waals surface area contributed by atoms with Gasteiger partial charge in [-0.1, -0.05) is 30.7 Å². The summed E-state index contributed by atoms with van der Waals surface area (Å²) in [7, 11) is 0. The predicted molar refractivity (Wildman–Crippen MR) is 83.6 cm³/mol. The van der Waals surface area contributed by atoms with Crippen LogP contribution in [0.15, 0.2) is 34.1 Å². The molecule has 1 unspecified atom stereocenters. The molecule has 1 nitrogen and oxygen atoms in total. The molecule has 19 heavy (non-hydrogen) atoms. The first-order chi connectivity index (χ1) is 9.15. The van der Waals surface area contributed by atoms with Crippen LogP contribution in [0.5, 0.6) is 0 Å². The molecule has 0 bridgehead atoms. The first kappa shape index (κ1) is 15.0. The first-order valence-electron chi connectivity index (χ1n) is 6.05. The van der Waals surface area contributed by atoms with Crippen molar-refractivity contribution in [1.29, 1.82) is 0 Å². The number of nitrogens with one attached hydrogen (secondary N) is 1. The van der Waals surface area contributed by atoms with E-state index in [0.29, 0.717) is 15.1 Å². The largest absolute Gasteiger partial charge is 0.305 e. The van der Waals surface area contributed by atoms with E-state index in [9.17, 15) is 4.39 Å². The van der Waals surface area contributed by atoms with Crippen LogP contribution in [0.4, 0.5) is 4.39 Å². The molecule has 1 atom stereocenters. The zero-order valence-electron chi connectivity index (χ0n) is 10.4. The van der Waals surface area contributed by atoms with Gasteiger partial charge in [-0.15, -0.1) is 11.3 Å². The summed E-state index contributed by atoms with van der Waals surface area (Å²) in [5, 5.41) is 5.97. The minimum Gasteiger partial charge on any atom is -0.305 e. The molecule has 0 aliphatic rings. The molecule has 1 N–H and O–H groups in total. The molecular weight excluding hydrogens is 349 g/mol. The van der Waals surface area contributed by atoms with Crippen molar-refractivity contribution in [1.82, 2.24) is 5.32 Å². The fraction of sp³-hybridized carbons (Fsp3) is 0.286. The summed E-state index contributed by atoms with van der Waals surface area (Å²) >= 11 is 11.0. The van der Waals surface area contributed by atoms with Crippen LogP contribution in [0.3, 0.4) is 0 Å². The van der Waals surface area contributed by atoms with Crippen LogP contribution in [0.2, 0.25) is 5.02 Å². The van der Waals surface area contributed by atoms with Crippen LogP contribution in [0.1, 0.15) is 29.8 Å². The van der Waals surface area contributed by atoms with Crippen LogP contribution in [0.25, 0.3) is 0 Å². The van der Waals surface area contributed by atoms with Crippen LogP contribution in [-0.2, 0) is 0 Å². The van der Waals surface area contributed by atoms with E-state index in [1.165, 1.54) is 0 Å². The fourth-order valence-corrected chi connectivity index (χ4v) is 3.53. The summed E-state index contributed by atoms with van der Waals surface area (Å²) < 4.78 is 14.8. The second kappa shape index (κ2) is 6.84. The van der Waals surface area contributed by atoms with E-state index in [1.807, 2.05) is 17.5 Å². The third kappa shape index (κ3) is 3.37. The molecule has 2 aromatic rings. The van der Waals surface area contributed by atoms with E-state index in [0.717, 1.165) is 17.8 Å². The van der Waals surface area contributed by atoms with Crippen molar-refractivity contribution in [3.05, 3.63) is 55.4 Å². The van der Waals surface area contributed by atoms with E-state index in [4.69, 9.17) is 11.6 Å². The van der Waals surface area contributed by atoms with Gasteiger partial charge in [0.2, 0.25) is 0 Å². The number of benzene rings is 1. The second-order valence-corrected chi connectivity index (χ2v) is 6.37. The van der Waals surface area contributed by atoms with Gasteiger partial charge in [-0.2, -0.15) is 0 Å². The lowest BCUT2D eigenvalue weighted by Crippen LogP contribution is -2.23. The van der Waals surface area contributed by atoms with E-state index in [2.05, 4.69) is 28.2 Å². The zero-order chi connectivity index (χ0) is 13.8. The smallest absolute Gasteiger partial charge is 0.142 e.